The molecule has 1 amide bonds. The average molecular weight is 358 g/mol. The van der Waals surface area contributed by atoms with Gasteiger partial charge in [0.1, 0.15) is 5.69 Å². The Morgan fingerprint density at radius 1 is 1.04 bits per heavy atom. The van der Waals surface area contributed by atoms with Gasteiger partial charge in [0.25, 0.3) is 5.91 Å². The van der Waals surface area contributed by atoms with Gasteiger partial charge in [-0.15, -0.1) is 0 Å². The summed E-state index contributed by atoms with van der Waals surface area (Å²) in [5, 5.41) is 2.86. The van der Waals surface area contributed by atoms with Crippen LogP contribution < -0.4 is 5.32 Å². The van der Waals surface area contributed by atoms with Crippen molar-refractivity contribution in [3.05, 3.63) is 84.3 Å². The van der Waals surface area contributed by atoms with Crippen LogP contribution in [0, 0.1) is 6.92 Å². The minimum absolute atomic E-state index is 0.273. The zero-order valence-electron chi connectivity index (χ0n) is 15.7. The first-order chi connectivity index (χ1) is 13.0. The smallest absolute Gasteiger partial charge is 0.276 e. The molecule has 0 bridgehead atoms. The number of nitrogens with one attached hydrogen (secondary N) is 1. The molecule has 0 aliphatic rings. The van der Waals surface area contributed by atoms with Crippen molar-refractivity contribution < 1.29 is 4.79 Å². The lowest BCUT2D eigenvalue weighted by Gasteiger charge is -2.16. The van der Waals surface area contributed by atoms with Gasteiger partial charge in [0, 0.05) is 31.0 Å². The predicted octanol–water partition coefficient (Wildman–Crippen LogP) is 4.24. The Hall–Kier alpha value is -3.47. The zero-order valence-corrected chi connectivity index (χ0v) is 15.7. The Morgan fingerprint density at radius 2 is 1.70 bits per heavy atom. The largest absolute Gasteiger partial charge is 0.378 e. The fourth-order valence-corrected chi connectivity index (χ4v) is 2.61. The number of nitrogens with zero attached hydrogens (tertiary/aromatic N) is 3. The molecule has 5 nitrogen and oxygen atoms in total. The lowest BCUT2D eigenvalue weighted by atomic mass is 10.1. The molecule has 3 aromatic rings. The lowest BCUT2D eigenvalue weighted by molar-refractivity contribution is 0.102. The fraction of sp³-hybridized carbons (Fsp3) is 0.136. The van der Waals surface area contributed by atoms with E-state index in [4.69, 9.17) is 0 Å². The van der Waals surface area contributed by atoms with Crippen LogP contribution in [-0.4, -0.2) is 34.9 Å². The summed E-state index contributed by atoms with van der Waals surface area (Å²) in [5.74, 6) is -0.273. The third-order valence-electron chi connectivity index (χ3n) is 4.26. The van der Waals surface area contributed by atoms with Gasteiger partial charge < -0.3 is 10.2 Å². The van der Waals surface area contributed by atoms with E-state index in [9.17, 15) is 4.79 Å². The van der Waals surface area contributed by atoms with Gasteiger partial charge in [0.15, 0.2) is 0 Å². The predicted molar refractivity (Wildman–Crippen MR) is 109 cm³/mol. The number of aromatic nitrogens is 2. The first-order valence-corrected chi connectivity index (χ1v) is 8.63. The Kier molecular flexibility index (Phi) is 5.31. The summed E-state index contributed by atoms with van der Waals surface area (Å²) in [4.78, 5) is 23.5. The number of carbonyl (C=O) groups excluding carboxylic acids is 1. The number of rotatable bonds is 5. The van der Waals surface area contributed by atoms with Gasteiger partial charge in [0.05, 0.1) is 17.6 Å². The molecule has 2 aromatic carbocycles. The van der Waals surface area contributed by atoms with Crippen LogP contribution in [-0.2, 0) is 0 Å². The van der Waals surface area contributed by atoms with Crippen molar-refractivity contribution in [1.29, 1.82) is 0 Å². The van der Waals surface area contributed by atoms with Gasteiger partial charge >= 0.3 is 0 Å². The van der Waals surface area contributed by atoms with Gasteiger partial charge in [-0.25, -0.2) is 4.98 Å². The molecule has 3 rings (SSSR count). The van der Waals surface area contributed by atoms with Gasteiger partial charge in [0.2, 0.25) is 0 Å². The summed E-state index contributed by atoms with van der Waals surface area (Å²) in [5.41, 5.74) is 5.14. The van der Waals surface area contributed by atoms with E-state index in [0.29, 0.717) is 17.1 Å². The van der Waals surface area contributed by atoms with E-state index in [-0.39, 0.29) is 5.91 Å². The second kappa shape index (κ2) is 7.83. The van der Waals surface area contributed by atoms with Crippen LogP contribution in [0.1, 0.15) is 21.7 Å². The van der Waals surface area contributed by atoms with Gasteiger partial charge in [-0.2, -0.15) is 0 Å². The SMILES string of the molecule is C=C(c1ccc(-c2cnc(C)c(C(=O)Nc3ccccc3)n2)cc1)N(C)C. The lowest BCUT2D eigenvalue weighted by Crippen LogP contribution is -2.16. The number of hydrogen-bond acceptors (Lipinski definition) is 4. The molecule has 0 saturated carbocycles. The quantitative estimate of drug-likeness (QED) is 0.741. The van der Waals surface area contributed by atoms with Crippen LogP contribution in [0.15, 0.2) is 67.4 Å². The number of benzene rings is 2. The molecule has 0 radical (unpaired) electrons. The maximum absolute atomic E-state index is 12.6. The van der Waals surface area contributed by atoms with E-state index in [0.717, 1.165) is 22.5 Å². The van der Waals surface area contributed by atoms with Gasteiger partial charge in [-0.1, -0.05) is 49.0 Å². The van der Waals surface area contributed by atoms with Crippen molar-refractivity contribution in [2.75, 3.05) is 19.4 Å². The maximum Gasteiger partial charge on any atom is 0.276 e. The summed E-state index contributed by atoms with van der Waals surface area (Å²) in [6, 6.07) is 17.2. The number of amides is 1. The van der Waals surface area contributed by atoms with Crippen molar-refractivity contribution in [2.24, 2.45) is 0 Å². The second-order valence-corrected chi connectivity index (χ2v) is 6.43. The molecule has 27 heavy (non-hydrogen) atoms. The van der Waals surface area contributed by atoms with E-state index in [2.05, 4.69) is 21.9 Å². The Labute approximate surface area is 159 Å². The maximum atomic E-state index is 12.6. The highest BCUT2D eigenvalue weighted by Crippen LogP contribution is 2.22. The van der Waals surface area contributed by atoms with Crippen LogP contribution in [0.3, 0.4) is 0 Å². The molecular weight excluding hydrogens is 336 g/mol. The van der Waals surface area contributed by atoms with Crippen molar-refractivity contribution in [1.82, 2.24) is 14.9 Å². The van der Waals surface area contributed by atoms with Crippen LogP contribution >= 0.6 is 0 Å². The molecule has 0 unspecified atom stereocenters. The second-order valence-electron chi connectivity index (χ2n) is 6.43. The minimum Gasteiger partial charge on any atom is -0.378 e. The molecule has 0 fully saturated rings. The number of anilines is 1. The van der Waals surface area contributed by atoms with Crippen LogP contribution in [0.4, 0.5) is 5.69 Å². The third-order valence-corrected chi connectivity index (χ3v) is 4.26. The van der Waals surface area contributed by atoms with E-state index < -0.39 is 0 Å². The number of carbonyl (C=O) groups is 1. The summed E-state index contributed by atoms with van der Waals surface area (Å²) in [7, 11) is 3.92. The first kappa shape index (κ1) is 18.3. The van der Waals surface area contributed by atoms with Crippen molar-refractivity contribution in [3.63, 3.8) is 0 Å². The molecule has 5 heteroatoms. The van der Waals surface area contributed by atoms with E-state index in [1.165, 1.54) is 0 Å². The van der Waals surface area contributed by atoms with Crippen molar-refractivity contribution in [3.8, 4) is 11.3 Å². The normalized spacial score (nSPS) is 10.3. The first-order valence-electron chi connectivity index (χ1n) is 8.63. The monoisotopic (exact) mass is 358 g/mol. The molecule has 1 aromatic heterocycles. The van der Waals surface area contributed by atoms with Crippen LogP contribution in [0.25, 0.3) is 17.0 Å². The fourth-order valence-electron chi connectivity index (χ4n) is 2.61. The Balaban J connectivity index is 1.87. The molecular formula is C22H22N4O. The van der Waals surface area contributed by atoms with Crippen LogP contribution in [0.2, 0.25) is 0 Å². The van der Waals surface area contributed by atoms with Crippen LogP contribution in [0.5, 0.6) is 0 Å². The molecule has 1 N–H and O–H groups in total. The highest BCUT2D eigenvalue weighted by Gasteiger charge is 2.14. The number of hydrogen-bond donors (Lipinski definition) is 1. The highest BCUT2D eigenvalue weighted by molar-refractivity contribution is 6.03. The molecule has 0 saturated heterocycles. The number of para-hydroxylation sites is 1. The van der Waals surface area contributed by atoms with Gasteiger partial charge in [-0.3, -0.25) is 9.78 Å². The molecule has 0 atom stereocenters. The standard InChI is InChI=1S/C22H22N4O/c1-15-21(22(27)24-19-8-6-5-7-9-19)25-20(14-23-15)18-12-10-17(11-13-18)16(2)26(3)4/h5-14H,2H2,1,3-4H3,(H,24,27). The summed E-state index contributed by atoms with van der Waals surface area (Å²) < 4.78 is 0. The Morgan fingerprint density at radius 3 is 2.33 bits per heavy atom. The summed E-state index contributed by atoms with van der Waals surface area (Å²) >= 11 is 0. The number of aryl methyl sites for hydroxylation is 1. The molecule has 0 aliphatic heterocycles. The summed E-state index contributed by atoms with van der Waals surface area (Å²) in [6.45, 7) is 5.84. The third kappa shape index (κ3) is 4.20. The molecule has 1 heterocycles. The highest BCUT2D eigenvalue weighted by atomic mass is 16.1. The minimum atomic E-state index is -0.273. The van der Waals surface area contributed by atoms with Crippen molar-refractivity contribution in [2.45, 2.75) is 6.92 Å². The van der Waals surface area contributed by atoms with Gasteiger partial charge in [-0.05, 0) is 24.6 Å². The van der Waals surface area contributed by atoms with E-state index >= 15 is 0 Å². The molecule has 136 valence electrons. The van der Waals surface area contributed by atoms with E-state index in [1.54, 1.807) is 13.1 Å². The topological polar surface area (TPSA) is 58.1 Å². The van der Waals surface area contributed by atoms with E-state index in [1.807, 2.05) is 73.6 Å². The van der Waals surface area contributed by atoms with Crippen molar-refractivity contribution >= 4 is 17.3 Å². The molecule has 0 spiro atoms. The molecule has 0 aliphatic carbocycles. The average Bonchev–Trinajstić information content (AvgIpc) is 2.68. The Bertz CT molecular complexity index is 963. The zero-order chi connectivity index (χ0) is 19.4. The summed E-state index contributed by atoms with van der Waals surface area (Å²) in [6.07, 6.45) is 1.68.